The number of nitrogens with zero attached hydrogens (tertiary/aromatic N) is 4. The van der Waals surface area contributed by atoms with Gasteiger partial charge in [0.2, 0.25) is 5.71 Å². The molecule has 0 aliphatic heterocycles. The van der Waals surface area contributed by atoms with Gasteiger partial charge in [-0.2, -0.15) is 0 Å². The number of aromatic nitrogens is 4. The summed E-state index contributed by atoms with van der Waals surface area (Å²) in [6.45, 7) is 0. The molecule has 6 heteroatoms. The molecule has 0 amide bonds. The van der Waals surface area contributed by atoms with E-state index in [0.717, 1.165) is 0 Å². The third-order valence-electron chi connectivity index (χ3n) is 1.94. The van der Waals surface area contributed by atoms with Gasteiger partial charge in [-0.15, -0.1) is 10.2 Å². The van der Waals surface area contributed by atoms with E-state index in [4.69, 9.17) is 4.42 Å². The molecule has 68 valence electrons. The van der Waals surface area contributed by atoms with Crippen LogP contribution in [0.15, 0.2) is 33.9 Å². The van der Waals surface area contributed by atoms with Gasteiger partial charge in [0.25, 0.3) is 0 Å². The average Bonchev–Trinajstić information content (AvgIpc) is 2.67. The van der Waals surface area contributed by atoms with E-state index in [1.165, 1.54) is 10.7 Å². The minimum Gasteiger partial charge on any atom is -0.390 e. The second kappa shape index (κ2) is 2.38. The van der Waals surface area contributed by atoms with Crippen molar-refractivity contribution in [3.8, 4) is 0 Å². The Morgan fingerprint density at radius 2 is 2.36 bits per heavy atom. The molecule has 0 saturated heterocycles. The first-order chi connectivity index (χ1) is 6.86. The van der Waals surface area contributed by atoms with Crippen LogP contribution in [0, 0.1) is 0 Å². The van der Waals surface area contributed by atoms with Gasteiger partial charge in [0.05, 0.1) is 5.39 Å². The Balaban J connectivity index is 2.73. The Morgan fingerprint density at radius 1 is 1.43 bits per heavy atom. The molecule has 0 fully saturated rings. The molecule has 3 aromatic heterocycles. The SMILES string of the molecule is O=c1oc2ncccc2c2nncn12. The Hall–Kier alpha value is -2.24. The van der Waals surface area contributed by atoms with Crippen molar-refractivity contribution in [2.75, 3.05) is 0 Å². The normalized spacial score (nSPS) is 11.1. The number of rotatable bonds is 0. The Labute approximate surface area is 76.8 Å². The summed E-state index contributed by atoms with van der Waals surface area (Å²) in [7, 11) is 0. The maximum absolute atomic E-state index is 11.3. The lowest BCUT2D eigenvalue weighted by atomic mass is 10.3. The molecule has 0 N–H and O–H groups in total. The summed E-state index contributed by atoms with van der Waals surface area (Å²) in [5.41, 5.74) is 0.738. The lowest BCUT2D eigenvalue weighted by Gasteiger charge is -1.94. The molecule has 0 aliphatic rings. The highest BCUT2D eigenvalue weighted by atomic mass is 16.4. The van der Waals surface area contributed by atoms with Crippen LogP contribution in [0.25, 0.3) is 16.7 Å². The number of hydrogen-bond donors (Lipinski definition) is 0. The standard InChI is InChI=1S/C8H4N4O2/c13-8-12-4-10-11-6(12)5-2-1-3-9-7(5)14-8/h1-4H. The van der Waals surface area contributed by atoms with Crippen LogP contribution in [-0.2, 0) is 0 Å². The van der Waals surface area contributed by atoms with Crippen molar-refractivity contribution in [3.05, 3.63) is 35.2 Å². The van der Waals surface area contributed by atoms with Gasteiger partial charge in [0.1, 0.15) is 6.33 Å². The van der Waals surface area contributed by atoms with Gasteiger partial charge >= 0.3 is 5.76 Å². The fourth-order valence-electron chi connectivity index (χ4n) is 1.33. The summed E-state index contributed by atoms with van der Waals surface area (Å²) in [5.74, 6) is -0.531. The molecule has 0 aromatic carbocycles. The van der Waals surface area contributed by atoms with Crippen molar-refractivity contribution >= 4 is 16.7 Å². The molecular weight excluding hydrogens is 184 g/mol. The molecule has 0 bridgehead atoms. The monoisotopic (exact) mass is 188 g/mol. The predicted octanol–water partition coefficient (Wildman–Crippen LogP) is 0.231. The fraction of sp³-hybridized carbons (Fsp3) is 0. The molecule has 3 heterocycles. The Morgan fingerprint density at radius 3 is 3.29 bits per heavy atom. The Bertz CT molecular complexity index is 669. The van der Waals surface area contributed by atoms with Crippen molar-refractivity contribution in [1.82, 2.24) is 19.6 Å². The second-order valence-electron chi connectivity index (χ2n) is 2.75. The molecule has 3 rings (SSSR count). The van der Waals surface area contributed by atoms with Crippen LogP contribution in [0.3, 0.4) is 0 Å². The van der Waals surface area contributed by atoms with E-state index < -0.39 is 5.76 Å². The van der Waals surface area contributed by atoms with E-state index in [9.17, 15) is 4.79 Å². The highest BCUT2D eigenvalue weighted by molar-refractivity contribution is 5.86. The summed E-state index contributed by atoms with van der Waals surface area (Å²) < 4.78 is 6.19. The number of pyridine rings is 1. The van der Waals surface area contributed by atoms with Crippen LogP contribution in [0.5, 0.6) is 0 Å². The van der Waals surface area contributed by atoms with E-state index in [1.807, 2.05) is 0 Å². The quantitative estimate of drug-likeness (QED) is 0.505. The van der Waals surface area contributed by atoms with Crippen LogP contribution in [0.1, 0.15) is 0 Å². The third-order valence-corrected chi connectivity index (χ3v) is 1.94. The van der Waals surface area contributed by atoms with Crippen molar-refractivity contribution in [2.45, 2.75) is 0 Å². The lowest BCUT2D eigenvalue weighted by Crippen LogP contribution is -2.10. The first-order valence-electron chi connectivity index (χ1n) is 3.94. The smallest absolute Gasteiger partial charge is 0.390 e. The third kappa shape index (κ3) is 0.792. The van der Waals surface area contributed by atoms with Crippen molar-refractivity contribution in [2.24, 2.45) is 0 Å². The molecule has 0 saturated carbocycles. The summed E-state index contributed by atoms with van der Waals surface area (Å²) in [6.07, 6.45) is 2.87. The van der Waals surface area contributed by atoms with Gasteiger partial charge in [-0.25, -0.2) is 14.2 Å². The van der Waals surface area contributed by atoms with E-state index >= 15 is 0 Å². The van der Waals surface area contributed by atoms with E-state index in [1.54, 1.807) is 18.3 Å². The van der Waals surface area contributed by atoms with Crippen LogP contribution >= 0.6 is 0 Å². The maximum Gasteiger partial charge on any atom is 0.427 e. The van der Waals surface area contributed by atoms with Crippen LogP contribution < -0.4 is 5.76 Å². The van der Waals surface area contributed by atoms with Crippen molar-refractivity contribution < 1.29 is 4.42 Å². The van der Waals surface area contributed by atoms with Gasteiger partial charge in [0, 0.05) is 6.20 Å². The van der Waals surface area contributed by atoms with E-state index in [2.05, 4.69) is 15.2 Å². The lowest BCUT2D eigenvalue weighted by molar-refractivity contribution is 0.511. The first kappa shape index (κ1) is 7.19. The van der Waals surface area contributed by atoms with E-state index in [-0.39, 0.29) is 5.71 Å². The van der Waals surface area contributed by atoms with E-state index in [0.29, 0.717) is 11.0 Å². The molecular formula is C8H4N4O2. The van der Waals surface area contributed by atoms with Gasteiger partial charge < -0.3 is 4.42 Å². The molecule has 0 aliphatic carbocycles. The highest BCUT2D eigenvalue weighted by Gasteiger charge is 2.07. The van der Waals surface area contributed by atoms with Crippen LogP contribution in [0.2, 0.25) is 0 Å². The zero-order valence-corrected chi connectivity index (χ0v) is 6.91. The van der Waals surface area contributed by atoms with Crippen molar-refractivity contribution in [3.63, 3.8) is 0 Å². The molecule has 0 unspecified atom stereocenters. The topological polar surface area (TPSA) is 73.3 Å². The minimum absolute atomic E-state index is 0.276. The predicted molar refractivity (Wildman–Crippen MR) is 46.8 cm³/mol. The second-order valence-corrected chi connectivity index (χ2v) is 2.75. The summed E-state index contributed by atoms with van der Waals surface area (Å²) in [6, 6.07) is 3.52. The van der Waals surface area contributed by atoms with Gasteiger partial charge in [-0.05, 0) is 12.1 Å². The molecule has 0 radical (unpaired) electrons. The maximum atomic E-state index is 11.3. The van der Waals surface area contributed by atoms with Gasteiger partial charge in [-0.1, -0.05) is 0 Å². The molecule has 6 nitrogen and oxygen atoms in total. The fourth-order valence-corrected chi connectivity index (χ4v) is 1.33. The number of hydrogen-bond acceptors (Lipinski definition) is 5. The zero-order valence-electron chi connectivity index (χ0n) is 6.91. The van der Waals surface area contributed by atoms with Crippen molar-refractivity contribution in [1.29, 1.82) is 0 Å². The number of fused-ring (bicyclic) bond motifs is 3. The molecule has 0 spiro atoms. The highest BCUT2D eigenvalue weighted by Crippen LogP contribution is 2.12. The van der Waals surface area contributed by atoms with Crippen LogP contribution in [-0.4, -0.2) is 19.6 Å². The van der Waals surface area contributed by atoms with Gasteiger partial charge in [-0.3, -0.25) is 0 Å². The largest absolute Gasteiger partial charge is 0.427 e. The summed E-state index contributed by atoms with van der Waals surface area (Å²) in [5, 5.41) is 8.13. The molecule has 14 heavy (non-hydrogen) atoms. The zero-order chi connectivity index (χ0) is 9.54. The minimum atomic E-state index is -0.531. The summed E-state index contributed by atoms with van der Waals surface area (Å²) in [4.78, 5) is 15.3. The first-order valence-corrected chi connectivity index (χ1v) is 3.94. The van der Waals surface area contributed by atoms with Crippen LogP contribution in [0.4, 0.5) is 0 Å². The average molecular weight is 188 g/mol. The molecule has 0 atom stereocenters. The Kier molecular flexibility index (Phi) is 1.22. The summed E-state index contributed by atoms with van der Waals surface area (Å²) >= 11 is 0. The molecule has 3 aromatic rings. The van der Waals surface area contributed by atoms with Gasteiger partial charge in [0.15, 0.2) is 5.65 Å².